The molecule has 0 radical (unpaired) electrons. The smallest absolute Gasteiger partial charge is 0.268 e. The number of nitrogens with zero attached hydrogens (tertiary/aromatic N) is 1. The molecule has 0 aliphatic carbocycles. The number of benzene rings is 2. The maximum absolute atomic E-state index is 12.6. The van der Waals surface area contributed by atoms with E-state index in [9.17, 15) is 13.2 Å². The van der Waals surface area contributed by atoms with Crippen LogP contribution in [-0.4, -0.2) is 25.4 Å². The number of hydrogen-bond donors (Lipinski definition) is 2. The molecule has 0 saturated heterocycles. The molecule has 2 N–H and O–H groups in total. The van der Waals surface area contributed by atoms with Crippen LogP contribution in [0, 0.1) is 0 Å². The summed E-state index contributed by atoms with van der Waals surface area (Å²) in [6, 6.07) is 16.3. The van der Waals surface area contributed by atoms with Gasteiger partial charge < -0.3 is 9.88 Å². The van der Waals surface area contributed by atoms with Crippen molar-refractivity contribution in [1.82, 2.24) is 14.6 Å². The first-order valence-electron chi connectivity index (χ1n) is 9.83. The second-order valence-corrected chi connectivity index (χ2v) is 8.85. The Morgan fingerprint density at radius 2 is 1.76 bits per heavy atom. The fourth-order valence-electron chi connectivity index (χ4n) is 3.23. The average molecular weight is 414 g/mol. The number of aromatic nitrogens is 1. The molecule has 0 aliphatic heterocycles. The van der Waals surface area contributed by atoms with Gasteiger partial charge in [-0.3, -0.25) is 4.79 Å². The SMILES string of the molecule is CCCCCNS(=O)(=O)c1ccc(CNC(=O)c2cc3ccccc3n2C)cc1. The van der Waals surface area contributed by atoms with Gasteiger partial charge in [-0.05, 0) is 36.2 Å². The van der Waals surface area contributed by atoms with Gasteiger partial charge in [0, 0.05) is 31.0 Å². The quantitative estimate of drug-likeness (QED) is 0.526. The van der Waals surface area contributed by atoms with Crippen molar-refractivity contribution in [3.63, 3.8) is 0 Å². The molecule has 0 fully saturated rings. The molecule has 154 valence electrons. The van der Waals surface area contributed by atoms with Gasteiger partial charge in [0.2, 0.25) is 10.0 Å². The third kappa shape index (κ3) is 5.05. The van der Waals surface area contributed by atoms with Gasteiger partial charge in [-0.25, -0.2) is 13.1 Å². The van der Waals surface area contributed by atoms with Crippen molar-refractivity contribution in [2.75, 3.05) is 6.54 Å². The molecular formula is C22H27N3O3S. The molecule has 0 atom stereocenters. The van der Waals surface area contributed by atoms with Gasteiger partial charge in [0.05, 0.1) is 4.90 Å². The standard InChI is InChI=1S/C22H27N3O3S/c1-3-4-7-14-24-29(27,28)19-12-10-17(11-13-19)16-23-22(26)21-15-18-8-5-6-9-20(18)25(21)2/h5-6,8-13,15,24H,3-4,7,14,16H2,1-2H3,(H,23,26). The predicted octanol–water partition coefficient (Wildman–Crippen LogP) is 3.58. The zero-order valence-electron chi connectivity index (χ0n) is 16.8. The Hall–Kier alpha value is -2.64. The van der Waals surface area contributed by atoms with Gasteiger partial charge in [-0.15, -0.1) is 0 Å². The lowest BCUT2D eigenvalue weighted by atomic mass is 10.2. The van der Waals surface area contributed by atoms with Crippen LogP contribution in [0.2, 0.25) is 0 Å². The van der Waals surface area contributed by atoms with E-state index in [1.54, 1.807) is 24.3 Å². The lowest BCUT2D eigenvalue weighted by Crippen LogP contribution is -2.25. The van der Waals surface area contributed by atoms with Crippen molar-refractivity contribution >= 4 is 26.8 Å². The van der Waals surface area contributed by atoms with E-state index in [2.05, 4.69) is 17.0 Å². The van der Waals surface area contributed by atoms with Crippen LogP contribution >= 0.6 is 0 Å². The van der Waals surface area contributed by atoms with Gasteiger partial charge >= 0.3 is 0 Å². The van der Waals surface area contributed by atoms with Gasteiger partial charge in [-0.1, -0.05) is 50.1 Å². The molecule has 2 aromatic carbocycles. The zero-order valence-corrected chi connectivity index (χ0v) is 17.6. The molecule has 3 aromatic rings. The Kier molecular flexibility index (Phi) is 6.71. The van der Waals surface area contributed by atoms with Crippen LogP contribution in [0.4, 0.5) is 0 Å². The molecule has 1 aromatic heterocycles. The highest BCUT2D eigenvalue weighted by molar-refractivity contribution is 7.89. The molecule has 0 bridgehead atoms. The monoisotopic (exact) mass is 413 g/mol. The van der Waals surface area contributed by atoms with E-state index in [0.717, 1.165) is 35.7 Å². The van der Waals surface area contributed by atoms with Crippen molar-refractivity contribution in [3.05, 3.63) is 65.9 Å². The summed E-state index contributed by atoms with van der Waals surface area (Å²) in [7, 11) is -1.63. The first kappa shape index (κ1) is 21.1. The molecule has 1 amide bonds. The van der Waals surface area contributed by atoms with Crippen molar-refractivity contribution in [3.8, 4) is 0 Å². The number of unbranched alkanes of at least 4 members (excludes halogenated alkanes) is 2. The number of aryl methyl sites for hydroxylation is 1. The van der Waals surface area contributed by atoms with Crippen LogP contribution < -0.4 is 10.0 Å². The molecule has 3 rings (SSSR count). The van der Waals surface area contributed by atoms with Crippen molar-refractivity contribution in [2.24, 2.45) is 7.05 Å². The second-order valence-electron chi connectivity index (χ2n) is 7.08. The van der Waals surface area contributed by atoms with E-state index in [1.807, 2.05) is 41.9 Å². The highest BCUT2D eigenvalue weighted by Crippen LogP contribution is 2.18. The molecule has 0 unspecified atom stereocenters. The minimum absolute atomic E-state index is 0.169. The predicted molar refractivity (Wildman–Crippen MR) is 115 cm³/mol. The van der Waals surface area contributed by atoms with E-state index >= 15 is 0 Å². The summed E-state index contributed by atoms with van der Waals surface area (Å²) in [6.07, 6.45) is 2.87. The molecule has 1 heterocycles. The average Bonchev–Trinajstić information content (AvgIpc) is 3.07. The molecule has 29 heavy (non-hydrogen) atoms. The van der Waals surface area contributed by atoms with Gasteiger partial charge in [-0.2, -0.15) is 0 Å². The summed E-state index contributed by atoms with van der Waals surface area (Å²) in [6.45, 7) is 2.84. The molecule has 0 saturated carbocycles. The third-order valence-electron chi connectivity index (χ3n) is 4.94. The maximum Gasteiger partial charge on any atom is 0.268 e. The Labute approximate surface area is 172 Å². The van der Waals surface area contributed by atoms with E-state index in [0.29, 0.717) is 18.8 Å². The first-order valence-corrected chi connectivity index (χ1v) is 11.3. The highest BCUT2D eigenvalue weighted by Gasteiger charge is 2.14. The van der Waals surface area contributed by atoms with Crippen LogP contribution in [0.3, 0.4) is 0 Å². The van der Waals surface area contributed by atoms with Crippen molar-refractivity contribution in [2.45, 2.75) is 37.6 Å². The van der Waals surface area contributed by atoms with Gasteiger partial charge in [0.15, 0.2) is 0 Å². The number of para-hydroxylation sites is 1. The summed E-state index contributed by atoms with van der Waals surface area (Å²) >= 11 is 0. The normalized spacial score (nSPS) is 11.7. The lowest BCUT2D eigenvalue weighted by molar-refractivity contribution is 0.0943. The fraction of sp³-hybridized carbons (Fsp3) is 0.318. The van der Waals surface area contributed by atoms with Crippen molar-refractivity contribution < 1.29 is 13.2 Å². The fourth-order valence-corrected chi connectivity index (χ4v) is 4.31. The first-order chi connectivity index (χ1) is 13.9. The van der Waals surface area contributed by atoms with Crippen LogP contribution in [0.1, 0.15) is 42.2 Å². The summed E-state index contributed by atoms with van der Waals surface area (Å²) in [4.78, 5) is 12.8. The minimum Gasteiger partial charge on any atom is -0.347 e. The Morgan fingerprint density at radius 1 is 1.03 bits per heavy atom. The Morgan fingerprint density at radius 3 is 2.45 bits per heavy atom. The van der Waals surface area contributed by atoms with E-state index in [-0.39, 0.29) is 10.8 Å². The topological polar surface area (TPSA) is 80.2 Å². The zero-order chi connectivity index (χ0) is 20.9. The number of hydrogen-bond acceptors (Lipinski definition) is 3. The maximum atomic E-state index is 12.6. The Balaban J connectivity index is 1.61. The van der Waals surface area contributed by atoms with Gasteiger partial charge in [0.1, 0.15) is 5.69 Å². The van der Waals surface area contributed by atoms with Crippen LogP contribution in [0.25, 0.3) is 10.9 Å². The van der Waals surface area contributed by atoms with Gasteiger partial charge in [0.25, 0.3) is 5.91 Å². The number of fused-ring (bicyclic) bond motifs is 1. The number of carbonyl (C=O) groups is 1. The second kappa shape index (κ2) is 9.24. The number of amides is 1. The number of carbonyl (C=O) groups excluding carboxylic acids is 1. The summed E-state index contributed by atoms with van der Waals surface area (Å²) in [5.74, 6) is -0.169. The molecular weight excluding hydrogens is 386 g/mol. The van der Waals surface area contributed by atoms with Crippen LogP contribution in [0.5, 0.6) is 0 Å². The molecule has 6 nitrogen and oxygen atoms in total. The number of rotatable bonds is 9. The Bertz CT molecular complexity index is 1090. The lowest BCUT2D eigenvalue weighted by Gasteiger charge is -2.09. The third-order valence-corrected chi connectivity index (χ3v) is 6.42. The largest absolute Gasteiger partial charge is 0.347 e. The summed E-state index contributed by atoms with van der Waals surface area (Å²) in [5.41, 5.74) is 2.42. The number of sulfonamides is 1. The van der Waals surface area contributed by atoms with E-state index in [1.165, 1.54) is 0 Å². The molecule has 7 heteroatoms. The number of nitrogens with one attached hydrogen (secondary N) is 2. The van der Waals surface area contributed by atoms with E-state index < -0.39 is 10.0 Å². The highest BCUT2D eigenvalue weighted by atomic mass is 32.2. The minimum atomic E-state index is -3.49. The van der Waals surface area contributed by atoms with Crippen LogP contribution in [-0.2, 0) is 23.6 Å². The van der Waals surface area contributed by atoms with Crippen molar-refractivity contribution in [1.29, 1.82) is 0 Å². The summed E-state index contributed by atoms with van der Waals surface area (Å²) < 4.78 is 29.1. The summed E-state index contributed by atoms with van der Waals surface area (Å²) in [5, 5.41) is 3.91. The van der Waals surface area contributed by atoms with Crippen LogP contribution in [0.15, 0.2) is 59.5 Å². The molecule has 0 aliphatic rings. The van der Waals surface area contributed by atoms with E-state index in [4.69, 9.17) is 0 Å². The molecule has 0 spiro atoms.